The van der Waals surface area contributed by atoms with Crippen LogP contribution in [0.1, 0.15) is 38.2 Å². The molecule has 4 nitrogen and oxygen atoms in total. The highest BCUT2D eigenvalue weighted by molar-refractivity contribution is 6.15. The fourth-order valence-corrected chi connectivity index (χ4v) is 4.10. The topological polar surface area (TPSA) is 38.8 Å². The van der Waals surface area contributed by atoms with Crippen molar-refractivity contribution >= 4 is 11.9 Å². The van der Waals surface area contributed by atoms with Crippen LogP contribution in [-0.2, 0) is 13.1 Å². The lowest BCUT2D eigenvalue weighted by atomic mass is 9.99. The molecule has 2 aliphatic heterocycles. The van der Waals surface area contributed by atoms with E-state index in [0.717, 1.165) is 23.4 Å². The van der Waals surface area contributed by atoms with Crippen molar-refractivity contribution in [3.05, 3.63) is 99.6 Å². The predicted octanol–water partition coefficient (Wildman–Crippen LogP) is 5.41. The Labute approximate surface area is 180 Å². The van der Waals surface area contributed by atoms with Crippen LogP contribution in [0, 0.1) is 19.7 Å². The van der Waals surface area contributed by atoms with Gasteiger partial charge in [0.2, 0.25) is 5.78 Å². The lowest BCUT2D eigenvalue weighted by molar-refractivity contribution is 0.0876. The summed E-state index contributed by atoms with van der Waals surface area (Å²) >= 11 is 0. The van der Waals surface area contributed by atoms with Crippen LogP contribution in [0.5, 0.6) is 11.5 Å². The summed E-state index contributed by atoms with van der Waals surface area (Å²) in [6.07, 6.45) is 1.58. The Morgan fingerprint density at radius 2 is 1.87 bits per heavy atom. The second kappa shape index (κ2) is 7.67. The fourth-order valence-electron chi connectivity index (χ4n) is 4.10. The van der Waals surface area contributed by atoms with Crippen LogP contribution >= 0.6 is 0 Å². The summed E-state index contributed by atoms with van der Waals surface area (Å²) in [7, 11) is 0. The number of ether oxygens (including phenoxy) is 2. The van der Waals surface area contributed by atoms with E-state index >= 15 is 0 Å². The van der Waals surface area contributed by atoms with Crippen molar-refractivity contribution in [3.8, 4) is 11.5 Å². The standard InChI is InChI=1S/C26H22FNO3/c1-16-6-8-18(9-7-16)13-28-14-20-12-22-24(29)23(11-19-4-3-5-21(27)10-19)31-26(22)17(2)25(20)30-15-28/h3-12H,13-15H2,1-2H3/b23-11-. The number of nitrogens with zero attached hydrogens (tertiary/aromatic N) is 1. The Balaban J connectivity index is 1.42. The summed E-state index contributed by atoms with van der Waals surface area (Å²) < 4.78 is 25.5. The summed E-state index contributed by atoms with van der Waals surface area (Å²) in [5.41, 5.74) is 5.35. The van der Waals surface area contributed by atoms with Crippen molar-refractivity contribution in [2.75, 3.05) is 6.73 Å². The highest BCUT2D eigenvalue weighted by Crippen LogP contribution is 2.43. The molecule has 5 heteroatoms. The molecule has 0 atom stereocenters. The minimum Gasteiger partial charge on any atom is -0.477 e. The molecule has 2 aliphatic rings. The van der Waals surface area contributed by atoms with E-state index in [-0.39, 0.29) is 17.4 Å². The number of aryl methyl sites for hydroxylation is 1. The maximum Gasteiger partial charge on any atom is 0.231 e. The third-order valence-corrected chi connectivity index (χ3v) is 5.68. The Bertz CT molecular complexity index is 1210. The van der Waals surface area contributed by atoms with Crippen molar-refractivity contribution in [1.29, 1.82) is 0 Å². The summed E-state index contributed by atoms with van der Waals surface area (Å²) in [5.74, 6) is 0.950. The molecule has 0 spiro atoms. The molecule has 0 amide bonds. The van der Waals surface area contributed by atoms with E-state index in [1.54, 1.807) is 18.2 Å². The van der Waals surface area contributed by atoms with Crippen molar-refractivity contribution in [2.45, 2.75) is 26.9 Å². The van der Waals surface area contributed by atoms with E-state index in [1.165, 1.54) is 23.3 Å². The molecule has 2 heterocycles. The summed E-state index contributed by atoms with van der Waals surface area (Å²) in [6.45, 7) is 5.91. The Kier molecular flexibility index (Phi) is 4.83. The van der Waals surface area contributed by atoms with Crippen LogP contribution in [0.2, 0.25) is 0 Å². The molecule has 0 unspecified atom stereocenters. The maximum absolute atomic E-state index is 13.5. The number of rotatable bonds is 3. The summed E-state index contributed by atoms with van der Waals surface area (Å²) in [5, 5.41) is 0. The van der Waals surface area contributed by atoms with Crippen LogP contribution < -0.4 is 9.47 Å². The van der Waals surface area contributed by atoms with Gasteiger partial charge in [0.05, 0.1) is 5.56 Å². The average Bonchev–Trinajstić information content (AvgIpc) is 3.06. The molecule has 0 saturated carbocycles. The van der Waals surface area contributed by atoms with E-state index in [0.29, 0.717) is 30.2 Å². The first kappa shape index (κ1) is 19.5. The number of benzene rings is 3. The zero-order valence-electron chi connectivity index (χ0n) is 17.4. The van der Waals surface area contributed by atoms with Gasteiger partial charge in [-0.15, -0.1) is 0 Å². The van der Waals surface area contributed by atoms with Gasteiger partial charge in [0.15, 0.2) is 5.76 Å². The SMILES string of the molecule is Cc1ccc(CN2COc3c(cc4c(c3C)O/C(=C\c3cccc(F)c3)C4=O)C2)cc1. The van der Waals surface area contributed by atoms with Gasteiger partial charge in [0, 0.05) is 24.2 Å². The smallest absolute Gasteiger partial charge is 0.231 e. The number of halogens is 1. The van der Waals surface area contributed by atoms with Crippen LogP contribution in [0.3, 0.4) is 0 Å². The number of carbonyl (C=O) groups excluding carboxylic acids is 1. The minimum absolute atomic E-state index is 0.194. The van der Waals surface area contributed by atoms with Crippen molar-refractivity contribution in [1.82, 2.24) is 4.90 Å². The molecule has 0 aromatic heterocycles. The normalized spacial score (nSPS) is 16.6. The first-order chi connectivity index (χ1) is 15.0. The highest BCUT2D eigenvalue weighted by atomic mass is 19.1. The molecular weight excluding hydrogens is 393 g/mol. The second-order valence-corrected chi connectivity index (χ2v) is 8.11. The molecule has 0 N–H and O–H groups in total. The van der Waals surface area contributed by atoms with E-state index in [9.17, 15) is 9.18 Å². The number of carbonyl (C=O) groups is 1. The minimum atomic E-state index is -0.356. The van der Waals surface area contributed by atoms with Gasteiger partial charge in [-0.1, -0.05) is 42.0 Å². The average molecular weight is 415 g/mol. The zero-order chi connectivity index (χ0) is 21.5. The zero-order valence-corrected chi connectivity index (χ0v) is 17.4. The van der Waals surface area contributed by atoms with Crippen LogP contribution in [-0.4, -0.2) is 17.4 Å². The first-order valence-electron chi connectivity index (χ1n) is 10.2. The van der Waals surface area contributed by atoms with Crippen LogP contribution in [0.4, 0.5) is 4.39 Å². The molecule has 3 aromatic rings. The van der Waals surface area contributed by atoms with Crippen LogP contribution in [0.25, 0.3) is 6.08 Å². The van der Waals surface area contributed by atoms with Gasteiger partial charge < -0.3 is 9.47 Å². The predicted molar refractivity (Wildman–Crippen MR) is 116 cm³/mol. The Morgan fingerprint density at radius 1 is 1.06 bits per heavy atom. The molecule has 5 rings (SSSR count). The van der Waals surface area contributed by atoms with Gasteiger partial charge >= 0.3 is 0 Å². The van der Waals surface area contributed by atoms with Crippen molar-refractivity contribution < 1.29 is 18.7 Å². The highest BCUT2D eigenvalue weighted by Gasteiger charge is 2.33. The molecule has 31 heavy (non-hydrogen) atoms. The number of fused-ring (bicyclic) bond motifs is 2. The first-order valence-corrected chi connectivity index (χ1v) is 10.2. The van der Waals surface area contributed by atoms with E-state index in [2.05, 4.69) is 36.1 Å². The van der Waals surface area contributed by atoms with Crippen molar-refractivity contribution in [3.63, 3.8) is 0 Å². The molecule has 3 aromatic carbocycles. The fraction of sp³-hybridized carbons (Fsp3) is 0.192. The lowest BCUT2D eigenvalue weighted by Gasteiger charge is -2.30. The van der Waals surface area contributed by atoms with E-state index < -0.39 is 0 Å². The van der Waals surface area contributed by atoms with E-state index in [4.69, 9.17) is 9.47 Å². The second-order valence-electron chi connectivity index (χ2n) is 8.11. The Hall–Kier alpha value is -3.44. The monoisotopic (exact) mass is 415 g/mol. The number of hydrogen-bond donors (Lipinski definition) is 0. The molecular formula is C26H22FNO3. The molecule has 0 bridgehead atoms. The number of Topliss-reactive ketones (excluding diaryl/α,β-unsaturated/α-hetero) is 1. The molecule has 0 aliphatic carbocycles. The molecule has 0 saturated heterocycles. The number of ketones is 1. The third kappa shape index (κ3) is 3.73. The number of allylic oxidation sites excluding steroid dienone is 1. The number of hydrogen-bond acceptors (Lipinski definition) is 4. The molecule has 156 valence electrons. The van der Waals surface area contributed by atoms with Crippen LogP contribution in [0.15, 0.2) is 60.4 Å². The van der Waals surface area contributed by atoms with E-state index in [1.807, 2.05) is 13.0 Å². The van der Waals surface area contributed by atoms with Crippen molar-refractivity contribution in [2.24, 2.45) is 0 Å². The lowest BCUT2D eigenvalue weighted by Crippen LogP contribution is -2.32. The maximum atomic E-state index is 13.5. The van der Waals surface area contributed by atoms with Gasteiger partial charge in [0.25, 0.3) is 0 Å². The summed E-state index contributed by atoms with van der Waals surface area (Å²) in [4.78, 5) is 15.2. The van der Waals surface area contributed by atoms with Gasteiger partial charge in [-0.3, -0.25) is 9.69 Å². The molecule has 0 fully saturated rings. The largest absolute Gasteiger partial charge is 0.477 e. The van der Waals surface area contributed by atoms with Gasteiger partial charge in [-0.2, -0.15) is 0 Å². The third-order valence-electron chi connectivity index (χ3n) is 5.68. The molecule has 0 radical (unpaired) electrons. The van der Waals surface area contributed by atoms with Gasteiger partial charge in [0.1, 0.15) is 24.0 Å². The van der Waals surface area contributed by atoms with Gasteiger partial charge in [-0.25, -0.2) is 4.39 Å². The quantitative estimate of drug-likeness (QED) is 0.536. The Morgan fingerprint density at radius 3 is 2.65 bits per heavy atom. The van der Waals surface area contributed by atoms with Gasteiger partial charge in [-0.05, 0) is 49.2 Å². The summed E-state index contributed by atoms with van der Waals surface area (Å²) in [6, 6.07) is 16.4.